The maximum atomic E-state index is 11.0. The molecule has 0 fully saturated rings. The first kappa shape index (κ1) is 13.0. The van der Waals surface area contributed by atoms with Gasteiger partial charge in [0.05, 0.1) is 0 Å². The number of hydrogen-bond acceptors (Lipinski definition) is 1. The quantitative estimate of drug-likeness (QED) is 0.654. The Morgan fingerprint density at radius 2 is 2.44 bits per heavy atom. The summed E-state index contributed by atoms with van der Waals surface area (Å²) in [6, 6.07) is 1.98. The van der Waals surface area contributed by atoms with Gasteiger partial charge in [-0.15, -0.1) is 0 Å². The lowest BCUT2D eigenvalue weighted by molar-refractivity contribution is -0.117. The molecule has 1 aromatic rings. The van der Waals surface area contributed by atoms with Crippen LogP contribution in [0.25, 0.3) is 12.2 Å². The van der Waals surface area contributed by atoms with Crippen LogP contribution in [0.2, 0.25) is 0 Å². The van der Waals surface area contributed by atoms with Gasteiger partial charge in [-0.2, -0.15) is 0 Å². The maximum Gasteiger partial charge on any atom is 0.232 e. The fourth-order valence-corrected chi connectivity index (χ4v) is 1.87. The molecule has 0 aliphatic carbocycles. The molecule has 16 heavy (non-hydrogen) atoms. The molecule has 1 heterocycles. The van der Waals surface area contributed by atoms with E-state index < -0.39 is 0 Å². The molecule has 0 spiro atoms. The van der Waals surface area contributed by atoms with Gasteiger partial charge < -0.3 is 10.3 Å². The van der Waals surface area contributed by atoms with Crippen molar-refractivity contribution in [1.29, 1.82) is 0 Å². The number of aromatic nitrogens is 1. The Morgan fingerprint density at radius 1 is 1.75 bits per heavy atom. The lowest BCUT2D eigenvalue weighted by Crippen LogP contribution is -2.27. The van der Waals surface area contributed by atoms with E-state index in [4.69, 9.17) is 5.73 Å². The van der Waals surface area contributed by atoms with Crippen molar-refractivity contribution < 1.29 is 4.79 Å². The summed E-state index contributed by atoms with van der Waals surface area (Å²) >= 11 is 2.06. The number of nitrogens with zero attached hydrogens (tertiary/aromatic N) is 1. The number of carbonyl (C=O) groups is 1. The monoisotopic (exact) mass is 330 g/mol. The van der Waals surface area contributed by atoms with E-state index in [1.165, 1.54) is 0 Å². The van der Waals surface area contributed by atoms with Gasteiger partial charge in [0, 0.05) is 18.4 Å². The van der Waals surface area contributed by atoms with E-state index >= 15 is 0 Å². The zero-order valence-electron chi connectivity index (χ0n) is 9.19. The molecule has 0 aliphatic heterocycles. The SMILES string of the molecule is C=Cc1ccn(C[C@H](I)C(N)=O)c1/C=C\C. The number of allylic oxidation sites excluding steroid dienone is 1. The Hall–Kier alpha value is -1.04. The zero-order chi connectivity index (χ0) is 12.1. The van der Waals surface area contributed by atoms with Crippen LogP contribution < -0.4 is 5.73 Å². The standard InChI is InChI=1S/C12H15IN2O/c1-3-5-11-9(4-2)6-7-15(11)8-10(13)12(14)16/h3-7,10H,2,8H2,1H3,(H2,14,16)/b5-3-/t10-/m0/s1. The molecule has 0 bridgehead atoms. The van der Waals surface area contributed by atoms with Crippen LogP contribution in [0.1, 0.15) is 18.2 Å². The van der Waals surface area contributed by atoms with Gasteiger partial charge in [-0.05, 0) is 24.6 Å². The normalized spacial score (nSPS) is 12.9. The third-order valence-corrected chi connectivity index (χ3v) is 3.26. The molecule has 0 aliphatic rings. The van der Waals surface area contributed by atoms with Crippen LogP contribution in [-0.2, 0) is 11.3 Å². The second-order valence-electron chi connectivity index (χ2n) is 3.38. The van der Waals surface area contributed by atoms with Gasteiger partial charge in [0.15, 0.2) is 0 Å². The van der Waals surface area contributed by atoms with Crippen LogP contribution in [0.15, 0.2) is 24.9 Å². The molecule has 1 atom stereocenters. The molecule has 0 saturated carbocycles. The van der Waals surface area contributed by atoms with Gasteiger partial charge in [-0.3, -0.25) is 4.79 Å². The van der Waals surface area contributed by atoms with Crippen molar-refractivity contribution in [3.8, 4) is 0 Å². The summed E-state index contributed by atoms with van der Waals surface area (Å²) in [6.07, 6.45) is 7.71. The Bertz CT molecular complexity index is 421. The predicted molar refractivity (Wildman–Crippen MR) is 76.2 cm³/mol. The highest BCUT2D eigenvalue weighted by Crippen LogP contribution is 2.16. The van der Waals surface area contributed by atoms with Crippen molar-refractivity contribution >= 4 is 40.7 Å². The fourth-order valence-electron chi connectivity index (χ4n) is 1.45. The highest BCUT2D eigenvalue weighted by Gasteiger charge is 2.13. The predicted octanol–water partition coefficient (Wildman–Crippen LogP) is 2.45. The van der Waals surface area contributed by atoms with Gasteiger partial charge in [0.1, 0.15) is 3.92 Å². The zero-order valence-corrected chi connectivity index (χ0v) is 11.3. The van der Waals surface area contributed by atoms with Crippen molar-refractivity contribution in [2.75, 3.05) is 0 Å². The highest BCUT2D eigenvalue weighted by molar-refractivity contribution is 14.1. The van der Waals surface area contributed by atoms with Crippen LogP contribution in [0.3, 0.4) is 0 Å². The number of rotatable bonds is 5. The summed E-state index contributed by atoms with van der Waals surface area (Å²) < 4.78 is 1.81. The van der Waals surface area contributed by atoms with E-state index in [2.05, 4.69) is 29.2 Å². The molecule has 1 rings (SSSR count). The minimum atomic E-state index is -0.291. The van der Waals surface area contributed by atoms with Gasteiger partial charge >= 0.3 is 0 Å². The van der Waals surface area contributed by atoms with Crippen LogP contribution in [-0.4, -0.2) is 14.4 Å². The first-order valence-electron chi connectivity index (χ1n) is 4.97. The van der Waals surface area contributed by atoms with Gasteiger partial charge in [0.25, 0.3) is 0 Å². The molecular weight excluding hydrogens is 315 g/mol. The van der Waals surface area contributed by atoms with Crippen molar-refractivity contribution in [1.82, 2.24) is 4.57 Å². The largest absolute Gasteiger partial charge is 0.369 e. The lowest BCUT2D eigenvalue weighted by Gasteiger charge is -2.10. The highest BCUT2D eigenvalue weighted by atomic mass is 127. The molecule has 0 unspecified atom stereocenters. The van der Waals surface area contributed by atoms with Gasteiger partial charge in [-0.1, -0.05) is 41.3 Å². The molecule has 1 amide bonds. The molecule has 0 aromatic carbocycles. The summed E-state index contributed by atoms with van der Waals surface area (Å²) in [5.74, 6) is -0.291. The minimum Gasteiger partial charge on any atom is -0.369 e. The second kappa shape index (κ2) is 5.89. The Balaban J connectivity index is 3.00. The number of carbonyl (C=O) groups excluding carboxylic acids is 1. The van der Waals surface area contributed by atoms with Gasteiger partial charge in [-0.25, -0.2) is 0 Å². The molecule has 4 heteroatoms. The van der Waals surface area contributed by atoms with Crippen molar-refractivity contribution in [2.24, 2.45) is 5.73 Å². The minimum absolute atomic E-state index is 0.202. The van der Waals surface area contributed by atoms with Crippen LogP contribution in [0, 0.1) is 0 Å². The van der Waals surface area contributed by atoms with Crippen molar-refractivity contribution in [3.63, 3.8) is 0 Å². The molecular formula is C12H15IN2O. The molecule has 0 saturated heterocycles. The van der Waals surface area contributed by atoms with Crippen molar-refractivity contribution in [3.05, 3.63) is 36.2 Å². The van der Waals surface area contributed by atoms with E-state index in [0.717, 1.165) is 11.3 Å². The summed E-state index contributed by atoms with van der Waals surface area (Å²) in [5, 5.41) is 0. The molecule has 2 N–H and O–H groups in total. The van der Waals surface area contributed by atoms with E-state index in [1.807, 2.05) is 35.9 Å². The number of alkyl halides is 1. The average molecular weight is 330 g/mol. The molecule has 86 valence electrons. The Morgan fingerprint density at radius 3 is 2.94 bits per heavy atom. The third-order valence-electron chi connectivity index (χ3n) is 2.25. The van der Waals surface area contributed by atoms with Crippen LogP contribution in [0.4, 0.5) is 0 Å². The van der Waals surface area contributed by atoms with Crippen molar-refractivity contribution in [2.45, 2.75) is 17.4 Å². The van der Waals surface area contributed by atoms with Crippen LogP contribution >= 0.6 is 22.6 Å². The number of hydrogen-bond donors (Lipinski definition) is 1. The summed E-state index contributed by atoms with van der Waals surface area (Å²) in [4.78, 5) is 11.0. The third kappa shape index (κ3) is 2.98. The fraction of sp³-hybridized carbons (Fsp3) is 0.250. The molecule has 1 aromatic heterocycles. The average Bonchev–Trinajstić information content (AvgIpc) is 2.61. The first-order chi connectivity index (χ1) is 7.60. The first-order valence-corrected chi connectivity index (χ1v) is 6.22. The number of amides is 1. The topological polar surface area (TPSA) is 48.0 Å². The number of nitrogens with two attached hydrogens (primary N) is 1. The Kier molecular flexibility index (Phi) is 4.79. The van der Waals surface area contributed by atoms with Crippen LogP contribution in [0.5, 0.6) is 0 Å². The van der Waals surface area contributed by atoms with E-state index in [1.54, 1.807) is 6.08 Å². The van der Waals surface area contributed by atoms with Gasteiger partial charge in [0.2, 0.25) is 5.91 Å². The smallest absolute Gasteiger partial charge is 0.232 e. The van der Waals surface area contributed by atoms with E-state index in [0.29, 0.717) is 6.54 Å². The number of primary amides is 1. The Labute approximate surface area is 109 Å². The summed E-state index contributed by atoms with van der Waals surface area (Å²) in [6.45, 7) is 6.31. The molecule has 3 nitrogen and oxygen atoms in total. The van der Waals surface area contributed by atoms with E-state index in [9.17, 15) is 4.79 Å². The summed E-state index contributed by atoms with van der Waals surface area (Å²) in [5.41, 5.74) is 7.37. The lowest BCUT2D eigenvalue weighted by atomic mass is 10.2. The van der Waals surface area contributed by atoms with E-state index in [-0.39, 0.29) is 9.83 Å². The molecule has 0 radical (unpaired) electrons. The summed E-state index contributed by atoms with van der Waals surface area (Å²) in [7, 11) is 0. The second-order valence-corrected chi connectivity index (χ2v) is 4.89. The maximum absolute atomic E-state index is 11.0. The number of halogens is 1.